The molecule has 0 bridgehead atoms. The number of carbonyl (C=O) groups is 1. The highest BCUT2D eigenvalue weighted by atomic mass is 35.5. The lowest BCUT2D eigenvalue weighted by atomic mass is 10.1. The van der Waals surface area contributed by atoms with Gasteiger partial charge < -0.3 is 9.47 Å². The Morgan fingerprint density at radius 1 is 1.21 bits per heavy atom. The van der Waals surface area contributed by atoms with Gasteiger partial charge in [-0.05, 0) is 25.0 Å². The van der Waals surface area contributed by atoms with E-state index in [2.05, 4.69) is 6.58 Å². The summed E-state index contributed by atoms with van der Waals surface area (Å²) in [6, 6.07) is 3.24. The Morgan fingerprint density at radius 3 is 2.32 bits per heavy atom. The molecule has 0 saturated heterocycles. The van der Waals surface area contributed by atoms with E-state index in [0.29, 0.717) is 35.3 Å². The number of allylic oxidation sites excluding steroid dienone is 1. The number of ether oxygens (including phenoxy) is 2. The van der Waals surface area contributed by atoms with Gasteiger partial charge in [0.15, 0.2) is 5.78 Å². The van der Waals surface area contributed by atoms with Crippen molar-refractivity contribution >= 4 is 17.4 Å². The maximum atomic E-state index is 11.8. The van der Waals surface area contributed by atoms with E-state index in [1.165, 1.54) is 6.08 Å². The van der Waals surface area contributed by atoms with Crippen LogP contribution < -0.4 is 9.47 Å². The Labute approximate surface area is 119 Å². The van der Waals surface area contributed by atoms with E-state index < -0.39 is 0 Å². The van der Waals surface area contributed by atoms with E-state index in [-0.39, 0.29) is 5.78 Å². The molecular formula is C15H19ClO3. The SMILES string of the molecule is C=CC(=O)c1cc(Cl)c(OCCC)cc1OCCC. The molecule has 1 aromatic carbocycles. The summed E-state index contributed by atoms with van der Waals surface area (Å²) in [5.74, 6) is 0.813. The number of hydrogen-bond acceptors (Lipinski definition) is 3. The van der Waals surface area contributed by atoms with Gasteiger partial charge in [0.05, 0.1) is 23.8 Å². The van der Waals surface area contributed by atoms with E-state index in [1.807, 2.05) is 13.8 Å². The van der Waals surface area contributed by atoms with Crippen LogP contribution in [0, 0.1) is 0 Å². The van der Waals surface area contributed by atoms with E-state index in [9.17, 15) is 4.79 Å². The van der Waals surface area contributed by atoms with Crippen molar-refractivity contribution in [3.63, 3.8) is 0 Å². The summed E-state index contributed by atoms with van der Waals surface area (Å²) in [5, 5.41) is 0.405. The summed E-state index contributed by atoms with van der Waals surface area (Å²) in [5.41, 5.74) is 0.414. The zero-order valence-electron chi connectivity index (χ0n) is 11.4. The van der Waals surface area contributed by atoms with E-state index >= 15 is 0 Å². The van der Waals surface area contributed by atoms with Crippen molar-refractivity contribution < 1.29 is 14.3 Å². The number of ketones is 1. The van der Waals surface area contributed by atoms with Crippen molar-refractivity contribution in [1.82, 2.24) is 0 Å². The third-order valence-corrected chi connectivity index (χ3v) is 2.70. The maximum absolute atomic E-state index is 11.8. The lowest BCUT2D eigenvalue weighted by Crippen LogP contribution is -2.04. The van der Waals surface area contributed by atoms with Crippen LogP contribution in [0.1, 0.15) is 37.0 Å². The van der Waals surface area contributed by atoms with Crippen molar-refractivity contribution in [2.45, 2.75) is 26.7 Å². The van der Waals surface area contributed by atoms with Crippen molar-refractivity contribution in [3.05, 3.63) is 35.4 Å². The summed E-state index contributed by atoms with van der Waals surface area (Å²) in [4.78, 5) is 11.8. The second kappa shape index (κ2) is 7.85. The quantitative estimate of drug-likeness (QED) is 0.527. The minimum atomic E-state index is -0.213. The average Bonchev–Trinajstić information content (AvgIpc) is 2.43. The van der Waals surface area contributed by atoms with Gasteiger partial charge in [0.2, 0.25) is 0 Å². The third-order valence-electron chi connectivity index (χ3n) is 2.41. The van der Waals surface area contributed by atoms with Gasteiger partial charge in [-0.1, -0.05) is 32.0 Å². The molecule has 0 amide bonds. The zero-order chi connectivity index (χ0) is 14.3. The van der Waals surface area contributed by atoms with Crippen LogP contribution in [0.4, 0.5) is 0 Å². The van der Waals surface area contributed by atoms with Gasteiger partial charge in [-0.25, -0.2) is 0 Å². The predicted octanol–water partition coefficient (Wildman–Crippen LogP) is 4.29. The highest BCUT2D eigenvalue weighted by Gasteiger charge is 2.15. The van der Waals surface area contributed by atoms with Crippen LogP contribution in [0.2, 0.25) is 5.02 Å². The lowest BCUT2D eigenvalue weighted by molar-refractivity contribution is 0.104. The molecule has 0 unspecified atom stereocenters. The van der Waals surface area contributed by atoms with Crippen LogP contribution in [0.3, 0.4) is 0 Å². The summed E-state index contributed by atoms with van der Waals surface area (Å²) in [7, 11) is 0. The van der Waals surface area contributed by atoms with Crippen molar-refractivity contribution in [3.8, 4) is 11.5 Å². The zero-order valence-corrected chi connectivity index (χ0v) is 12.1. The van der Waals surface area contributed by atoms with Gasteiger partial charge in [0.25, 0.3) is 0 Å². The molecule has 0 aliphatic heterocycles. The molecule has 0 atom stereocenters. The van der Waals surface area contributed by atoms with Crippen LogP contribution in [0.25, 0.3) is 0 Å². The molecule has 0 aliphatic rings. The summed E-state index contributed by atoms with van der Waals surface area (Å²) < 4.78 is 11.1. The molecule has 0 N–H and O–H groups in total. The summed E-state index contributed by atoms with van der Waals surface area (Å²) >= 11 is 6.11. The molecule has 104 valence electrons. The molecule has 1 aromatic rings. The van der Waals surface area contributed by atoms with Crippen LogP contribution in [0.15, 0.2) is 24.8 Å². The van der Waals surface area contributed by atoms with Crippen molar-refractivity contribution in [2.24, 2.45) is 0 Å². The van der Waals surface area contributed by atoms with Gasteiger partial charge in [-0.15, -0.1) is 0 Å². The largest absolute Gasteiger partial charge is 0.493 e. The average molecular weight is 283 g/mol. The number of benzene rings is 1. The second-order valence-electron chi connectivity index (χ2n) is 4.04. The Hall–Kier alpha value is -1.48. The molecule has 0 aromatic heterocycles. The number of hydrogen-bond donors (Lipinski definition) is 0. The molecule has 0 fully saturated rings. The lowest BCUT2D eigenvalue weighted by Gasteiger charge is -2.13. The van der Waals surface area contributed by atoms with Crippen LogP contribution in [0.5, 0.6) is 11.5 Å². The molecule has 1 rings (SSSR count). The van der Waals surface area contributed by atoms with Gasteiger partial charge in [-0.2, -0.15) is 0 Å². The first-order chi connectivity index (χ1) is 9.13. The minimum Gasteiger partial charge on any atom is -0.493 e. The topological polar surface area (TPSA) is 35.5 Å². The fraction of sp³-hybridized carbons (Fsp3) is 0.400. The fourth-order valence-electron chi connectivity index (χ4n) is 1.49. The Balaban J connectivity index is 3.12. The van der Waals surface area contributed by atoms with E-state index in [1.54, 1.807) is 12.1 Å². The molecule has 0 spiro atoms. The van der Waals surface area contributed by atoms with Gasteiger partial charge in [0.1, 0.15) is 11.5 Å². The predicted molar refractivity (Wildman–Crippen MR) is 77.6 cm³/mol. The molecule has 19 heavy (non-hydrogen) atoms. The Bertz CT molecular complexity index is 455. The van der Waals surface area contributed by atoms with Crippen LogP contribution in [-0.4, -0.2) is 19.0 Å². The third kappa shape index (κ3) is 4.28. The second-order valence-corrected chi connectivity index (χ2v) is 4.45. The number of halogens is 1. The fourth-order valence-corrected chi connectivity index (χ4v) is 1.71. The van der Waals surface area contributed by atoms with Gasteiger partial charge >= 0.3 is 0 Å². The maximum Gasteiger partial charge on any atom is 0.189 e. The molecule has 4 heteroatoms. The molecule has 0 saturated carbocycles. The van der Waals surface area contributed by atoms with E-state index in [0.717, 1.165) is 12.8 Å². The van der Waals surface area contributed by atoms with Gasteiger partial charge in [0, 0.05) is 6.07 Å². The molecule has 0 aliphatic carbocycles. The standard InChI is InChI=1S/C15H19ClO3/c1-4-7-18-14-10-15(19-8-5-2)12(16)9-11(14)13(17)6-3/h6,9-10H,3-5,7-8H2,1-2H3. The Morgan fingerprint density at radius 2 is 1.79 bits per heavy atom. The number of rotatable bonds is 8. The summed E-state index contributed by atoms with van der Waals surface area (Å²) in [6.45, 7) is 8.60. The molecule has 0 heterocycles. The summed E-state index contributed by atoms with van der Waals surface area (Å²) in [6.07, 6.45) is 2.99. The molecule has 3 nitrogen and oxygen atoms in total. The molecule has 0 radical (unpaired) electrons. The first kappa shape index (κ1) is 15.6. The normalized spacial score (nSPS) is 10.1. The van der Waals surface area contributed by atoms with E-state index in [4.69, 9.17) is 21.1 Å². The first-order valence-corrected chi connectivity index (χ1v) is 6.77. The monoisotopic (exact) mass is 282 g/mol. The highest BCUT2D eigenvalue weighted by Crippen LogP contribution is 2.33. The highest BCUT2D eigenvalue weighted by molar-refractivity contribution is 6.32. The van der Waals surface area contributed by atoms with Crippen LogP contribution in [-0.2, 0) is 0 Å². The first-order valence-electron chi connectivity index (χ1n) is 6.39. The van der Waals surface area contributed by atoms with Gasteiger partial charge in [-0.3, -0.25) is 4.79 Å². The van der Waals surface area contributed by atoms with Crippen molar-refractivity contribution in [1.29, 1.82) is 0 Å². The number of carbonyl (C=O) groups excluding carboxylic acids is 1. The Kier molecular flexibility index (Phi) is 6.43. The van der Waals surface area contributed by atoms with Crippen molar-refractivity contribution in [2.75, 3.05) is 13.2 Å². The van der Waals surface area contributed by atoms with Crippen LogP contribution >= 0.6 is 11.6 Å². The smallest absolute Gasteiger partial charge is 0.189 e. The minimum absolute atomic E-state index is 0.213. The molecular weight excluding hydrogens is 264 g/mol.